The summed E-state index contributed by atoms with van der Waals surface area (Å²) in [5.41, 5.74) is -0.129. The van der Waals surface area contributed by atoms with Crippen molar-refractivity contribution in [3.63, 3.8) is 0 Å². The van der Waals surface area contributed by atoms with Crippen LogP contribution in [0, 0.1) is 0 Å². The lowest BCUT2D eigenvalue weighted by Gasteiger charge is -2.09. The van der Waals surface area contributed by atoms with Crippen molar-refractivity contribution >= 4 is 22.6 Å². The molecular formula is C15H16N4O3. The van der Waals surface area contributed by atoms with Gasteiger partial charge in [0.25, 0.3) is 11.5 Å². The summed E-state index contributed by atoms with van der Waals surface area (Å²) in [6.07, 6.45) is 1.99. The van der Waals surface area contributed by atoms with Gasteiger partial charge < -0.3 is 10.6 Å². The van der Waals surface area contributed by atoms with Crippen LogP contribution in [0.1, 0.15) is 23.3 Å². The van der Waals surface area contributed by atoms with E-state index in [1.807, 2.05) is 0 Å². The third-order valence-corrected chi connectivity index (χ3v) is 3.52. The summed E-state index contributed by atoms with van der Waals surface area (Å²) in [6.45, 7) is -0.103. The summed E-state index contributed by atoms with van der Waals surface area (Å²) in [5.74, 6) is -0.692. The number of hydrogen-bond donors (Lipinski definition) is 2. The first-order valence-corrected chi connectivity index (χ1v) is 7.10. The first kappa shape index (κ1) is 14.2. The number of nitrogens with zero attached hydrogens (tertiary/aromatic N) is 2. The maximum absolute atomic E-state index is 12.3. The highest BCUT2D eigenvalue weighted by Crippen LogP contribution is 2.18. The second kappa shape index (κ2) is 5.59. The quantitative estimate of drug-likeness (QED) is 0.827. The molecule has 1 heterocycles. The number of hydrogen-bond acceptors (Lipinski definition) is 4. The largest absolute Gasteiger partial charge is 0.352 e. The molecule has 2 amide bonds. The van der Waals surface area contributed by atoms with Crippen LogP contribution in [0.5, 0.6) is 0 Å². The molecule has 1 fully saturated rings. The van der Waals surface area contributed by atoms with Crippen LogP contribution in [0.3, 0.4) is 0 Å². The van der Waals surface area contributed by atoms with Gasteiger partial charge in [0.05, 0.1) is 11.9 Å². The van der Waals surface area contributed by atoms with E-state index in [4.69, 9.17) is 0 Å². The Morgan fingerprint density at radius 2 is 1.95 bits per heavy atom. The fourth-order valence-electron chi connectivity index (χ4n) is 2.22. The Morgan fingerprint density at radius 3 is 2.64 bits per heavy atom. The van der Waals surface area contributed by atoms with E-state index in [2.05, 4.69) is 15.7 Å². The average molecular weight is 300 g/mol. The van der Waals surface area contributed by atoms with Gasteiger partial charge in [-0.1, -0.05) is 18.2 Å². The van der Waals surface area contributed by atoms with E-state index < -0.39 is 5.91 Å². The predicted octanol–water partition coefficient (Wildman–Crippen LogP) is -0.0581. The number of aryl methyl sites for hydroxylation is 1. The smallest absolute Gasteiger partial charge is 0.274 e. The normalized spacial score (nSPS) is 13.9. The number of rotatable bonds is 4. The maximum atomic E-state index is 12.3. The Kier molecular flexibility index (Phi) is 3.62. The van der Waals surface area contributed by atoms with Crippen LogP contribution in [0.2, 0.25) is 0 Å². The van der Waals surface area contributed by atoms with E-state index >= 15 is 0 Å². The Labute approximate surface area is 126 Å². The van der Waals surface area contributed by atoms with E-state index in [1.165, 1.54) is 7.05 Å². The molecule has 7 nitrogen and oxygen atoms in total. The highest BCUT2D eigenvalue weighted by atomic mass is 16.2. The zero-order valence-corrected chi connectivity index (χ0v) is 12.1. The van der Waals surface area contributed by atoms with Crippen molar-refractivity contribution in [1.82, 2.24) is 20.4 Å². The maximum Gasteiger partial charge on any atom is 0.274 e. The number of aromatic nitrogens is 2. The molecule has 7 heteroatoms. The van der Waals surface area contributed by atoms with Gasteiger partial charge in [-0.3, -0.25) is 14.4 Å². The predicted molar refractivity (Wildman–Crippen MR) is 80.5 cm³/mol. The van der Waals surface area contributed by atoms with Crippen molar-refractivity contribution in [1.29, 1.82) is 0 Å². The van der Waals surface area contributed by atoms with E-state index in [0.717, 1.165) is 17.5 Å². The lowest BCUT2D eigenvalue weighted by molar-refractivity contribution is -0.120. The molecule has 0 atom stereocenters. The molecule has 0 bridgehead atoms. The van der Waals surface area contributed by atoms with Crippen molar-refractivity contribution in [2.24, 2.45) is 7.05 Å². The monoisotopic (exact) mass is 300 g/mol. The van der Waals surface area contributed by atoms with Crippen LogP contribution >= 0.6 is 0 Å². The Morgan fingerprint density at radius 1 is 1.27 bits per heavy atom. The zero-order chi connectivity index (χ0) is 15.7. The van der Waals surface area contributed by atoms with Gasteiger partial charge in [0.2, 0.25) is 5.91 Å². The molecule has 1 aliphatic rings. The number of carbonyl (C=O) groups is 2. The van der Waals surface area contributed by atoms with Crippen LogP contribution in [-0.4, -0.2) is 34.2 Å². The summed E-state index contributed by atoms with van der Waals surface area (Å²) in [6, 6.07) is 7.04. The zero-order valence-electron chi connectivity index (χ0n) is 12.1. The second-order valence-corrected chi connectivity index (χ2v) is 5.35. The number of amides is 2. The van der Waals surface area contributed by atoms with Crippen molar-refractivity contribution in [2.75, 3.05) is 6.54 Å². The highest BCUT2D eigenvalue weighted by Gasteiger charge is 2.23. The van der Waals surface area contributed by atoms with Crippen LogP contribution in [0.25, 0.3) is 10.8 Å². The Bertz CT molecular complexity index is 808. The molecule has 2 N–H and O–H groups in total. The van der Waals surface area contributed by atoms with Crippen molar-refractivity contribution in [2.45, 2.75) is 18.9 Å². The van der Waals surface area contributed by atoms with Crippen LogP contribution < -0.4 is 16.2 Å². The summed E-state index contributed by atoms with van der Waals surface area (Å²) in [7, 11) is 1.49. The number of benzene rings is 1. The summed E-state index contributed by atoms with van der Waals surface area (Å²) in [5, 5.41) is 10.2. The summed E-state index contributed by atoms with van der Waals surface area (Å²) in [4.78, 5) is 35.9. The Balaban J connectivity index is 1.82. The first-order chi connectivity index (χ1) is 10.6. The molecule has 0 radical (unpaired) electrons. The van der Waals surface area contributed by atoms with Crippen molar-refractivity contribution in [3.05, 3.63) is 40.3 Å². The first-order valence-electron chi connectivity index (χ1n) is 7.10. The van der Waals surface area contributed by atoms with Crippen molar-refractivity contribution in [3.8, 4) is 0 Å². The van der Waals surface area contributed by atoms with Gasteiger partial charge in [0, 0.05) is 18.5 Å². The standard InChI is InChI=1S/C15H16N4O3/c1-19-15(22)11-5-3-2-4-10(11)13(18-19)14(21)16-8-12(20)17-9-6-7-9/h2-5,9H,6-8H2,1H3,(H,16,21)(H,17,20). The molecule has 0 saturated heterocycles. The van der Waals surface area contributed by atoms with Gasteiger partial charge in [-0.25, -0.2) is 4.68 Å². The minimum atomic E-state index is -0.474. The Hall–Kier alpha value is -2.70. The van der Waals surface area contributed by atoms with Gasteiger partial charge in [-0.05, 0) is 18.9 Å². The molecule has 1 aromatic carbocycles. The average Bonchev–Trinajstić information content (AvgIpc) is 3.32. The molecule has 1 aliphatic carbocycles. The number of nitrogens with one attached hydrogen (secondary N) is 2. The second-order valence-electron chi connectivity index (χ2n) is 5.35. The lowest BCUT2D eigenvalue weighted by atomic mass is 10.1. The highest BCUT2D eigenvalue weighted by molar-refractivity contribution is 6.05. The molecule has 2 aromatic rings. The minimum Gasteiger partial charge on any atom is -0.352 e. The van der Waals surface area contributed by atoms with E-state index in [1.54, 1.807) is 24.3 Å². The molecule has 0 spiro atoms. The van der Waals surface area contributed by atoms with E-state index in [9.17, 15) is 14.4 Å². The fourth-order valence-corrected chi connectivity index (χ4v) is 2.22. The molecule has 22 heavy (non-hydrogen) atoms. The van der Waals surface area contributed by atoms with Gasteiger partial charge in [-0.2, -0.15) is 5.10 Å². The molecular weight excluding hydrogens is 284 g/mol. The third kappa shape index (κ3) is 2.83. The van der Waals surface area contributed by atoms with E-state index in [0.29, 0.717) is 10.8 Å². The SMILES string of the molecule is Cn1nc(C(=O)NCC(=O)NC2CC2)c2ccccc2c1=O. The fraction of sp³-hybridized carbons (Fsp3) is 0.333. The van der Waals surface area contributed by atoms with Gasteiger partial charge in [-0.15, -0.1) is 0 Å². The van der Waals surface area contributed by atoms with Gasteiger partial charge >= 0.3 is 0 Å². The molecule has 0 aliphatic heterocycles. The lowest BCUT2D eigenvalue weighted by Crippen LogP contribution is -2.38. The molecule has 1 saturated carbocycles. The molecule has 3 rings (SSSR count). The summed E-state index contributed by atoms with van der Waals surface area (Å²) < 4.78 is 1.13. The van der Waals surface area contributed by atoms with Crippen LogP contribution in [-0.2, 0) is 11.8 Å². The van der Waals surface area contributed by atoms with Gasteiger partial charge in [0.15, 0.2) is 5.69 Å². The molecule has 1 aromatic heterocycles. The topological polar surface area (TPSA) is 93.1 Å². The molecule has 0 unspecified atom stereocenters. The number of fused-ring (bicyclic) bond motifs is 1. The minimum absolute atomic E-state index is 0.103. The molecule has 114 valence electrons. The van der Waals surface area contributed by atoms with Gasteiger partial charge in [0.1, 0.15) is 0 Å². The number of carbonyl (C=O) groups excluding carboxylic acids is 2. The van der Waals surface area contributed by atoms with Crippen LogP contribution in [0.4, 0.5) is 0 Å². The summed E-state index contributed by atoms with van der Waals surface area (Å²) >= 11 is 0. The van der Waals surface area contributed by atoms with Crippen molar-refractivity contribution < 1.29 is 9.59 Å². The van der Waals surface area contributed by atoms with Crippen LogP contribution in [0.15, 0.2) is 29.1 Å². The van der Waals surface area contributed by atoms with E-state index in [-0.39, 0.29) is 29.7 Å². The third-order valence-electron chi connectivity index (χ3n) is 3.52.